The van der Waals surface area contributed by atoms with E-state index in [1.165, 1.54) is 0 Å². The number of rotatable bonds is 7. The van der Waals surface area contributed by atoms with E-state index >= 15 is 0 Å². The van der Waals surface area contributed by atoms with Crippen LogP contribution >= 0.6 is 0 Å². The summed E-state index contributed by atoms with van der Waals surface area (Å²) in [6.07, 6.45) is 0. The minimum atomic E-state index is -2.03. The summed E-state index contributed by atoms with van der Waals surface area (Å²) in [6, 6.07) is 14.1. The maximum atomic E-state index is 3.56. The fourth-order valence-electron chi connectivity index (χ4n) is 3.99. The Bertz CT molecular complexity index is 832. The van der Waals surface area contributed by atoms with Gasteiger partial charge in [-0.2, -0.15) is 10.2 Å². The van der Waals surface area contributed by atoms with Gasteiger partial charge in [-0.05, 0) is 6.92 Å². The van der Waals surface area contributed by atoms with Gasteiger partial charge < -0.3 is 0 Å². The third-order valence-electron chi connectivity index (χ3n) is 5.59. The van der Waals surface area contributed by atoms with Gasteiger partial charge in [0.25, 0.3) is 0 Å². The van der Waals surface area contributed by atoms with Crippen LogP contribution < -0.4 is 8.07 Å². The quantitative estimate of drug-likeness (QED) is 0.246. The van der Waals surface area contributed by atoms with Crippen molar-refractivity contribution in [3.8, 4) is 0 Å². The molecule has 0 radical (unpaired) electrons. The summed E-state index contributed by atoms with van der Waals surface area (Å²) in [5, 5.41) is 12.2. The molecule has 3 heteroatoms. The zero-order chi connectivity index (χ0) is 25.5. The van der Waals surface area contributed by atoms with E-state index in [4.69, 9.17) is 0 Å². The Morgan fingerprint density at radius 2 is 0.939 bits per heavy atom. The number of hydrogen-bond donors (Lipinski definition) is 0. The Morgan fingerprint density at radius 1 is 0.667 bits per heavy atom. The van der Waals surface area contributed by atoms with Gasteiger partial charge in [-0.15, -0.1) is 0 Å². The van der Waals surface area contributed by atoms with Gasteiger partial charge in [0.15, 0.2) is 0 Å². The number of azo groups is 1. The molecule has 0 aliphatic carbocycles. The van der Waals surface area contributed by atoms with Gasteiger partial charge in [-0.1, -0.05) is 6.58 Å². The topological polar surface area (TPSA) is 24.7 Å². The van der Waals surface area contributed by atoms with Crippen LogP contribution in [0.15, 0.2) is 58.9 Å². The van der Waals surface area contributed by atoms with E-state index < -0.39 is 15.5 Å². The summed E-state index contributed by atoms with van der Waals surface area (Å²) in [5.74, 6) is 2.23. The molecule has 0 atom stereocenters. The van der Waals surface area contributed by atoms with Crippen molar-refractivity contribution in [1.82, 2.24) is 0 Å². The van der Waals surface area contributed by atoms with Crippen LogP contribution in [-0.4, -0.2) is 7.05 Å². The number of nitrogens with zero attached hydrogens (tertiary/aromatic N) is 2. The van der Waals surface area contributed by atoms with Gasteiger partial charge in [0.05, 0.1) is 5.70 Å². The van der Waals surface area contributed by atoms with Crippen LogP contribution in [0.25, 0.3) is 0 Å². The first-order chi connectivity index (χ1) is 15.3. The zero-order valence-corrected chi connectivity index (χ0v) is 24.7. The molecule has 2 rings (SSSR count). The fourth-order valence-corrected chi connectivity index (χ4v) is 11.2. The van der Waals surface area contributed by atoms with Crippen molar-refractivity contribution in [3.63, 3.8) is 0 Å². The predicted molar refractivity (Wildman–Crippen MR) is 146 cm³/mol. The Labute approximate surface area is 208 Å². The van der Waals surface area contributed by atoms with E-state index in [0.717, 1.165) is 5.70 Å². The SMILES string of the molecule is C=C(C)N=NC.CC(C)c1cccc(C(C)C)[c]1[Pd]([CH3])([CH3])[c]1c(C(C)C)cccc1C(C)C. The van der Waals surface area contributed by atoms with Crippen molar-refractivity contribution in [2.45, 2.75) is 96.8 Å². The van der Waals surface area contributed by atoms with Crippen molar-refractivity contribution in [2.75, 3.05) is 7.05 Å². The molecule has 0 saturated heterocycles. The Balaban J connectivity index is 0.000000801. The van der Waals surface area contributed by atoms with Crippen LogP contribution in [0.5, 0.6) is 0 Å². The van der Waals surface area contributed by atoms with Gasteiger partial charge in [0.1, 0.15) is 0 Å². The Hall–Kier alpha value is -1.56. The molecule has 2 aromatic rings. The second-order valence-electron chi connectivity index (χ2n) is 10.1. The van der Waals surface area contributed by atoms with Crippen molar-refractivity contribution >= 4 is 8.07 Å². The van der Waals surface area contributed by atoms with Crippen LogP contribution in [0.2, 0.25) is 10.8 Å². The third kappa shape index (κ3) is 7.46. The van der Waals surface area contributed by atoms with Crippen molar-refractivity contribution in [1.29, 1.82) is 0 Å². The number of hydrogen-bond acceptors (Lipinski definition) is 2. The molecule has 0 aliphatic rings. The first-order valence-electron chi connectivity index (χ1n) is 11.9. The molecule has 0 unspecified atom stereocenters. The van der Waals surface area contributed by atoms with Gasteiger partial charge >= 0.3 is 172 Å². The second kappa shape index (κ2) is 12.8. The molecule has 0 saturated carbocycles. The molecule has 0 heterocycles. The number of allylic oxidation sites excluding steroid dienone is 1. The third-order valence-corrected chi connectivity index (χ3v) is 11.3. The molecule has 0 N–H and O–H groups in total. The van der Waals surface area contributed by atoms with Crippen LogP contribution in [0, 0.1) is 0 Å². The van der Waals surface area contributed by atoms with Crippen LogP contribution in [0.3, 0.4) is 0 Å². The molecule has 0 aromatic heterocycles. The molecule has 0 aliphatic heterocycles. The van der Waals surface area contributed by atoms with Gasteiger partial charge in [-0.25, -0.2) is 0 Å². The minimum absolute atomic E-state index is 0.558. The summed E-state index contributed by atoms with van der Waals surface area (Å²) >= 11 is -2.03. The van der Waals surface area contributed by atoms with E-state index in [2.05, 4.69) is 119 Å². The Kier molecular flexibility index (Phi) is 11.4. The van der Waals surface area contributed by atoms with E-state index in [1.807, 2.05) is 0 Å². The molecule has 0 bridgehead atoms. The zero-order valence-electron chi connectivity index (χ0n) is 23.2. The van der Waals surface area contributed by atoms with Crippen molar-refractivity contribution < 1.29 is 15.5 Å². The molecule has 33 heavy (non-hydrogen) atoms. The maximum absolute atomic E-state index is 3.56. The summed E-state index contributed by atoms with van der Waals surface area (Å²) < 4.78 is 3.39. The average Bonchev–Trinajstić information content (AvgIpc) is 2.72. The average molecular weight is 543 g/mol. The van der Waals surface area contributed by atoms with E-state index in [-0.39, 0.29) is 0 Å². The molecular weight excluding hydrogens is 495 g/mol. The van der Waals surface area contributed by atoms with Crippen LogP contribution in [-0.2, 0) is 15.5 Å². The summed E-state index contributed by atoms with van der Waals surface area (Å²) in [7, 11) is 1.62. The van der Waals surface area contributed by atoms with Gasteiger partial charge in [0.2, 0.25) is 0 Å². The Morgan fingerprint density at radius 3 is 1.09 bits per heavy atom. The first-order valence-corrected chi connectivity index (χ1v) is 16.6. The standard InChI is InChI=1S/2C12H17.C4H8N2.2CH3.Pd/c2*1-9(2)11-6-5-7-12(8-11)10(3)4;1-4(2)6-5-3;;;/h2*5-7,9-10H,1-4H3;1H2,2-3H3;2*1H3;. The molecule has 2 nitrogen and oxygen atoms in total. The first kappa shape index (κ1) is 29.5. The monoisotopic (exact) mass is 542 g/mol. The van der Waals surface area contributed by atoms with E-state index in [9.17, 15) is 0 Å². The normalized spacial score (nSPS) is 12.6. The fraction of sp³-hybridized carbons (Fsp3) is 0.533. The van der Waals surface area contributed by atoms with E-state index in [1.54, 1.807) is 44.3 Å². The van der Waals surface area contributed by atoms with Gasteiger partial charge in [-0.3, -0.25) is 0 Å². The van der Waals surface area contributed by atoms with Crippen molar-refractivity contribution in [3.05, 3.63) is 70.9 Å². The molecule has 2 aromatic carbocycles. The van der Waals surface area contributed by atoms with E-state index in [0.29, 0.717) is 23.7 Å². The van der Waals surface area contributed by atoms with Crippen LogP contribution in [0.1, 0.15) is 108 Å². The molecular formula is C30H48N2Pd. The van der Waals surface area contributed by atoms with Crippen molar-refractivity contribution in [2.24, 2.45) is 10.2 Å². The summed E-state index contributed by atoms with van der Waals surface area (Å²) in [5.41, 5.74) is 7.01. The molecule has 0 amide bonds. The molecule has 188 valence electrons. The summed E-state index contributed by atoms with van der Waals surface area (Å²) in [6.45, 7) is 24.1. The second-order valence-corrected chi connectivity index (χ2v) is 16.7. The summed E-state index contributed by atoms with van der Waals surface area (Å²) in [4.78, 5) is 0. The number of benzene rings is 2. The van der Waals surface area contributed by atoms with Crippen LogP contribution in [0.4, 0.5) is 0 Å². The molecule has 0 fully saturated rings. The predicted octanol–water partition coefficient (Wildman–Crippen LogP) is 8.98. The van der Waals surface area contributed by atoms with Gasteiger partial charge in [0, 0.05) is 7.05 Å². The molecule has 0 spiro atoms.